The first-order valence-corrected chi connectivity index (χ1v) is 3.12. The summed E-state index contributed by atoms with van der Waals surface area (Å²) in [4.78, 5) is 0. The highest BCUT2D eigenvalue weighted by molar-refractivity contribution is 6.30. The molecule has 1 rings (SSSR count). The van der Waals surface area contributed by atoms with Crippen molar-refractivity contribution < 1.29 is 13.2 Å². The van der Waals surface area contributed by atoms with Crippen LogP contribution in [0, 0.1) is 12.2 Å². The van der Waals surface area contributed by atoms with Gasteiger partial charge in [0.05, 0.1) is 5.02 Å². The highest BCUT2D eigenvalue weighted by Gasteiger charge is 2.11. The summed E-state index contributed by atoms with van der Waals surface area (Å²) in [6, 6.07) is 2.75. The Morgan fingerprint density at radius 1 is 1.27 bits per heavy atom. The average molecular weight is 180 g/mol. The molecule has 0 nitrogen and oxygen atoms in total. The lowest BCUT2D eigenvalue weighted by atomic mass is 10.2. The van der Waals surface area contributed by atoms with Crippen LogP contribution in [0.5, 0.6) is 0 Å². The van der Waals surface area contributed by atoms with E-state index in [2.05, 4.69) is 0 Å². The fourth-order valence-electron chi connectivity index (χ4n) is 0.614. The van der Waals surface area contributed by atoms with E-state index in [4.69, 9.17) is 11.6 Å². The maximum absolute atomic E-state index is 12.4. The molecule has 0 aliphatic heterocycles. The molecule has 1 aromatic carbocycles. The van der Waals surface area contributed by atoms with Crippen LogP contribution in [0.15, 0.2) is 18.2 Å². The van der Waals surface area contributed by atoms with Crippen molar-refractivity contribution in [3.63, 3.8) is 0 Å². The number of hydrogen-bond acceptors (Lipinski definition) is 0. The van der Waals surface area contributed by atoms with E-state index in [1.807, 2.05) is 0 Å². The summed E-state index contributed by atoms with van der Waals surface area (Å²) in [5, 5.41) is -0.296. The zero-order chi connectivity index (χ0) is 8.43. The van der Waals surface area contributed by atoms with Gasteiger partial charge in [-0.15, -0.1) is 0 Å². The molecular weight excluding hydrogens is 177 g/mol. The second-order valence-corrected chi connectivity index (χ2v) is 2.30. The Hall–Kier alpha value is -0.700. The lowest BCUT2D eigenvalue weighted by Crippen LogP contribution is -1.85. The predicted molar refractivity (Wildman–Crippen MR) is 36.0 cm³/mol. The molecule has 0 bridgehead atoms. The van der Waals surface area contributed by atoms with Gasteiger partial charge in [-0.3, -0.25) is 0 Å². The van der Waals surface area contributed by atoms with Gasteiger partial charge in [0.15, 0.2) is 0 Å². The van der Waals surface area contributed by atoms with Crippen LogP contribution >= 0.6 is 11.6 Å². The summed E-state index contributed by atoms with van der Waals surface area (Å²) < 4.78 is 36.0. The van der Waals surface area contributed by atoms with Crippen molar-refractivity contribution in [3.05, 3.63) is 41.0 Å². The van der Waals surface area contributed by atoms with Gasteiger partial charge in [0, 0.05) is 5.56 Å². The Morgan fingerprint density at radius 2 is 1.91 bits per heavy atom. The fraction of sp³-hybridized carbons (Fsp3) is 0. The van der Waals surface area contributed by atoms with Gasteiger partial charge in [-0.05, 0) is 18.2 Å². The topological polar surface area (TPSA) is 0 Å². The Balaban J connectivity index is 3.05. The van der Waals surface area contributed by atoms with Crippen molar-refractivity contribution in [1.29, 1.82) is 0 Å². The van der Waals surface area contributed by atoms with Crippen molar-refractivity contribution in [2.45, 2.75) is 0 Å². The van der Waals surface area contributed by atoms with Crippen molar-refractivity contribution >= 4 is 11.6 Å². The van der Waals surface area contributed by atoms with Crippen LogP contribution in [0.25, 0.3) is 0 Å². The Kier molecular flexibility index (Phi) is 2.39. The normalized spacial score (nSPS) is 10.6. The third kappa shape index (κ3) is 1.87. The predicted octanol–water partition coefficient (Wildman–Crippen LogP) is 3.26. The van der Waals surface area contributed by atoms with Gasteiger partial charge in [0.25, 0.3) is 0 Å². The molecule has 0 saturated carbocycles. The molecule has 0 amide bonds. The molecule has 0 aliphatic rings. The fourth-order valence-corrected chi connectivity index (χ4v) is 0.794. The minimum absolute atomic E-state index is 0.296. The van der Waals surface area contributed by atoms with E-state index in [1.54, 1.807) is 0 Å². The standard InChI is InChI=1S/C7H3ClF3/c8-5-3-4(7(10)11)1-2-6(5)9/h1-3H. The Morgan fingerprint density at radius 3 is 2.36 bits per heavy atom. The molecule has 0 spiro atoms. The van der Waals surface area contributed by atoms with Gasteiger partial charge in [0.1, 0.15) is 5.82 Å². The summed E-state index contributed by atoms with van der Waals surface area (Å²) in [5.41, 5.74) is -0.351. The molecule has 4 heteroatoms. The van der Waals surface area contributed by atoms with E-state index < -0.39 is 12.2 Å². The maximum atomic E-state index is 12.4. The van der Waals surface area contributed by atoms with Gasteiger partial charge in [0.2, 0.25) is 0 Å². The van der Waals surface area contributed by atoms with Crippen molar-refractivity contribution in [3.8, 4) is 0 Å². The molecule has 0 fully saturated rings. The first-order valence-electron chi connectivity index (χ1n) is 2.74. The van der Waals surface area contributed by atoms with Crippen LogP contribution in [-0.2, 0) is 0 Å². The second-order valence-electron chi connectivity index (χ2n) is 1.89. The van der Waals surface area contributed by atoms with E-state index in [9.17, 15) is 13.2 Å². The van der Waals surface area contributed by atoms with E-state index in [1.165, 1.54) is 0 Å². The second kappa shape index (κ2) is 3.13. The smallest absolute Gasteiger partial charge is 0.205 e. The van der Waals surface area contributed by atoms with Crippen LogP contribution in [0.2, 0.25) is 5.02 Å². The van der Waals surface area contributed by atoms with Gasteiger partial charge < -0.3 is 0 Å². The number of benzene rings is 1. The lowest BCUT2D eigenvalue weighted by molar-refractivity contribution is 0.324. The molecule has 0 aliphatic carbocycles. The summed E-state index contributed by atoms with van der Waals surface area (Å²) in [6.07, 6.45) is -1.87. The van der Waals surface area contributed by atoms with Crippen molar-refractivity contribution in [2.24, 2.45) is 0 Å². The summed E-state index contributed by atoms with van der Waals surface area (Å²) in [7, 11) is 0. The molecule has 1 radical (unpaired) electrons. The molecule has 11 heavy (non-hydrogen) atoms. The molecule has 1 aromatic rings. The molecule has 0 heterocycles. The first-order chi connectivity index (χ1) is 5.11. The van der Waals surface area contributed by atoms with E-state index in [-0.39, 0.29) is 10.6 Å². The van der Waals surface area contributed by atoms with Crippen LogP contribution in [0.1, 0.15) is 5.56 Å². The third-order valence-electron chi connectivity index (χ3n) is 1.14. The Labute approximate surface area is 66.6 Å². The number of hydrogen-bond donors (Lipinski definition) is 0. The van der Waals surface area contributed by atoms with Gasteiger partial charge >= 0.3 is 6.43 Å². The average Bonchev–Trinajstić information content (AvgIpc) is 1.94. The minimum Gasteiger partial charge on any atom is -0.205 e. The van der Waals surface area contributed by atoms with Gasteiger partial charge in [-0.1, -0.05) is 11.6 Å². The maximum Gasteiger partial charge on any atom is 0.339 e. The SMILES string of the molecule is F[C](F)c1ccc(F)c(Cl)c1. The van der Waals surface area contributed by atoms with Crippen LogP contribution < -0.4 is 0 Å². The minimum atomic E-state index is -1.87. The van der Waals surface area contributed by atoms with Crippen LogP contribution in [0.4, 0.5) is 13.2 Å². The van der Waals surface area contributed by atoms with E-state index in [0.717, 1.165) is 18.2 Å². The highest BCUT2D eigenvalue weighted by Crippen LogP contribution is 2.22. The summed E-state index contributed by atoms with van der Waals surface area (Å²) >= 11 is 5.24. The lowest BCUT2D eigenvalue weighted by Gasteiger charge is -1.97. The van der Waals surface area contributed by atoms with Crippen molar-refractivity contribution in [1.82, 2.24) is 0 Å². The monoisotopic (exact) mass is 179 g/mol. The quantitative estimate of drug-likeness (QED) is 0.621. The van der Waals surface area contributed by atoms with Gasteiger partial charge in [-0.2, -0.15) is 8.78 Å². The molecule has 0 N–H and O–H groups in total. The molecular formula is C7H3ClF3. The largest absolute Gasteiger partial charge is 0.339 e. The third-order valence-corrected chi connectivity index (χ3v) is 1.43. The molecule has 0 unspecified atom stereocenters. The van der Waals surface area contributed by atoms with Crippen molar-refractivity contribution in [2.75, 3.05) is 0 Å². The van der Waals surface area contributed by atoms with E-state index >= 15 is 0 Å². The zero-order valence-electron chi connectivity index (χ0n) is 5.24. The summed E-state index contributed by atoms with van der Waals surface area (Å²) in [6.45, 7) is 0. The number of rotatable bonds is 1. The van der Waals surface area contributed by atoms with Crippen LogP contribution in [-0.4, -0.2) is 0 Å². The Bertz CT molecular complexity index is 260. The molecule has 0 atom stereocenters. The number of halogens is 4. The molecule has 59 valence electrons. The highest BCUT2D eigenvalue weighted by atomic mass is 35.5. The summed E-state index contributed by atoms with van der Waals surface area (Å²) in [5.74, 6) is -0.698. The molecule has 0 aromatic heterocycles. The zero-order valence-corrected chi connectivity index (χ0v) is 6.00. The van der Waals surface area contributed by atoms with Gasteiger partial charge in [-0.25, -0.2) is 4.39 Å². The first kappa shape index (κ1) is 8.40. The molecule has 0 saturated heterocycles. The van der Waals surface area contributed by atoms with E-state index in [0.29, 0.717) is 0 Å². The van der Waals surface area contributed by atoms with Crippen LogP contribution in [0.3, 0.4) is 0 Å².